The summed E-state index contributed by atoms with van der Waals surface area (Å²) < 4.78 is 5.13. The Balaban J connectivity index is 2.38. The Hall–Kier alpha value is -0.960. The van der Waals surface area contributed by atoms with Crippen LogP contribution in [0.2, 0.25) is 0 Å². The van der Waals surface area contributed by atoms with Crippen molar-refractivity contribution in [1.29, 1.82) is 0 Å². The summed E-state index contributed by atoms with van der Waals surface area (Å²) >= 11 is 1.12. The third kappa shape index (κ3) is 5.47. The van der Waals surface area contributed by atoms with E-state index in [1.807, 2.05) is 51.1 Å². The first kappa shape index (κ1) is 12.1. The van der Waals surface area contributed by atoms with Gasteiger partial charge in [0.15, 0.2) is 0 Å². The second-order valence-corrected chi connectivity index (χ2v) is 5.52. The van der Waals surface area contributed by atoms with Crippen LogP contribution in [0.25, 0.3) is 0 Å². The highest BCUT2D eigenvalue weighted by atomic mass is 32.2. The van der Waals surface area contributed by atoms with Crippen molar-refractivity contribution in [2.45, 2.75) is 25.7 Å². The highest BCUT2D eigenvalue weighted by Crippen LogP contribution is 2.21. The number of benzene rings is 1. The standard InChI is InChI=1S/C12H16O2S/c1-12(2,3)9-14-11(13)15-10-7-5-4-6-8-10/h4-8H,9H2,1-3H3. The molecule has 1 aromatic carbocycles. The van der Waals surface area contributed by atoms with Crippen LogP contribution in [0, 0.1) is 5.41 Å². The smallest absolute Gasteiger partial charge is 0.372 e. The minimum absolute atomic E-state index is 0.0207. The lowest BCUT2D eigenvalue weighted by molar-refractivity contribution is 0.129. The van der Waals surface area contributed by atoms with Crippen molar-refractivity contribution in [1.82, 2.24) is 0 Å². The van der Waals surface area contributed by atoms with E-state index >= 15 is 0 Å². The lowest BCUT2D eigenvalue weighted by Gasteiger charge is -2.17. The van der Waals surface area contributed by atoms with Gasteiger partial charge in [-0.2, -0.15) is 0 Å². The zero-order chi connectivity index (χ0) is 11.3. The highest BCUT2D eigenvalue weighted by Gasteiger charge is 2.14. The molecule has 0 radical (unpaired) electrons. The minimum atomic E-state index is -0.240. The summed E-state index contributed by atoms with van der Waals surface area (Å²) in [7, 11) is 0. The van der Waals surface area contributed by atoms with Crippen molar-refractivity contribution in [2.75, 3.05) is 6.61 Å². The Labute approximate surface area is 95.0 Å². The first-order valence-electron chi connectivity index (χ1n) is 4.87. The average Bonchev–Trinajstić information content (AvgIpc) is 2.15. The number of hydrogen-bond donors (Lipinski definition) is 0. The first-order valence-corrected chi connectivity index (χ1v) is 5.69. The van der Waals surface area contributed by atoms with Crippen molar-refractivity contribution < 1.29 is 9.53 Å². The van der Waals surface area contributed by atoms with Gasteiger partial charge in [0.25, 0.3) is 0 Å². The van der Waals surface area contributed by atoms with Crippen molar-refractivity contribution in [3.8, 4) is 0 Å². The van der Waals surface area contributed by atoms with Gasteiger partial charge in [0.2, 0.25) is 0 Å². The molecule has 0 aliphatic heterocycles. The van der Waals surface area contributed by atoms with Gasteiger partial charge in [0.05, 0.1) is 6.61 Å². The maximum atomic E-state index is 11.4. The topological polar surface area (TPSA) is 26.3 Å². The van der Waals surface area contributed by atoms with E-state index < -0.39 is 0 Å². The summed E-state index contributed by atoms with van der Waals surface area (Å²) in [6.07, 6.45) is 0. The van der Waals surface area contributed by atoms with Crippen LogP contribution in [0.4, 0.5) is 4.79 Å². The maximum Gasteiger partial charge on any atom is 0.372 e. The van der Waals surface area contributed by atoms with E-state index in [0.717, 1.165) is 16.7 Å². The summed E-state index contributed by atoms with van der Waals surface area (Å²) in [5, 5.41) is -0.240. The molecule has 1 aromatic rings. The van der Waals surface area contributed by atoms with Gasteiger partial charge >= 0.3 is 5.30 Å². The second-order valence-electron chi connectivity index (χ2n) is 4.51. The molecule has 0 fully saturated rings. The summed E-state index contributed by atoms with van der Waals surface area (Å²) in [4.78, 5) is 12.3. The van der Waals surface area contributed by atoms with Crippen LogP contribution < -0.4 is 0 Å². The van der Waals surface area contributed by atoms with Gasteiger partial charge in [0, 0.05) is 4.90 Å². The Morgan fingerprint density at radius 3 is 2.40 bits per heavy atom. The Morgan fingerprint density at radius 1 is 1.27 bits per heavy atom. The number of ether oxygens (including phenoxy) is 1. The number of carbonyl (C=O) groups excluding carboxylic acids is 1. The zero-order valence-electron chi connectivity index (χ0n) is 9.32. The Bertz CT molecular complexity index is 314. The molecule has 0 aromatic heterocycles. The molecule has 0 saturated heterocycles. The van der Waals surface area contributed by atoms with Crippen LogP contribution in [0.15, 0.2) is 35.2 Å². The van der Waals surface area contributed by atoms with Gasteiger partial charge in [-0.1, -0.05) is 39.0 Å². The minimum Gasteiger partial charge on any atom is -0.457 e. The summed E-state index contributed by atoms with van der Waals surface area (Å²) in [5.74, 6) is 0. The van der Waals surface area contributed by atoms with Gasteiger partial charge < -0.3 is 4.74 Å². The van der Waals surface area contributed by atoms with Gasteiger partial charge in [0.1, 0.15) is 0 Å². The van der Waals surface area contributed by atoms with Gasteiger partial charge in [-0.3, -0.25) is 0 Å². The van der Waals surface area contributed by atoms with Crippen LogP contribution in [0.1, 0.15) is 20.8 Å². The Kier molecular flexibility index (Phi) is 4.21. The fraction of sp³-hybridized carbons (Fsp3) is 0.417. The van der Waals surface area contributed by atoms with Crippen molar-refractivity contribution in [2.24, 2.45) is 5.41 Å². The summed E-state index contributed by atoms with van der Waals surface area (Å²) in [6, 6.07) is 9.51. The van der Waals surface area contributed by atoms with Crippen LogP contribution in [-0.2, 0) is 4.74 Å². The maximum absolute atomic E-state index is 11.4. The predicted octanol–water partition coefficient (Wildman–Crippen LogP) is 3.96. The van der Waals surface area contributed by atoms with Gasteiger partial charge in [-0.05, 0) is 29.3 Å². The molecule has 0 heterocycles. The molecule has 0 aliphatic carbocycles. The zero-order valence-corrected chi connectivity index (χ0v) is 10.1. The van der Waals surface area contributed by atoms with E-state index in [1.54, 1.807) is 0 Å². The van der Waals surface area contributed by atoms with Gasteiger partial charge in [-0.25, -0.2) is 4.79 Å². The van der Waals surface area contributed by atoms with Crippen LogP contribution in [0.3, 0.4) is 0 Å². The third-order valence-electron chi connectivity index (χ3n) is 1.57. The average molecular weight is 224 g/mol. The molecule has 15 heavy (non-hydrogen) atoms. The molecule has 0 saturated carbocycles. The molecule has 0 amide bonds. The predicted molar refractivity (Wildman–Crippen MR) is 63.1 cm³/mol. The number of thioether (sulfide) groups is 1. The molecule has 0 N–H and O–H groups in total. The quantitative estimate of drug-likeness (QED) is 0.562. The molecule has 2 nitrogen and oxygen atoms in total. The second kappa shape index (κ2) is 5.21. The molecule has 0 spiro atoms. The molecule has 1 rings (SSSR count). The highest BCUT2D eigenvalue weighted by molar-refractivity contribution is 8.13. The number of carbonyl (C=O) groups is 1. The molecular formula is C12H16O2S. The van der Waals surface area contributed by atoms with E-state index in [4.69, 9.17) is 4.74 Å². The molecule has 82 valence electrons. The van der Waals surface area contributed by atoms with E-state index in [9.17, 15) is 4.79 Å². The van der Waals surface area contributed by atoms with Crippen molar-refractivity contribution in [3.63, 3.8) is 0 Å². The van der Waals surface area contributed by atoms with E-state index in [1.165, 1.54) is 0 Å². The van der Waals surface area contributed by atoms with Crippen molar-refractivity contribution in [3.05, 3.63) is 30.3 Å². The fourth-order valence-corrected chi connectivity index (χ4v) is 1.49. The van der Waals surface area contributed by atoms with Crippen LogP contribution in [0.5, 0.6) is 0 Å². The van der Waals surface area contributed by atoms with Gasteiger partial charge in [-0.15, -0.1) is 0 Å². The molecule has 3 heteroatoms. The number of hydrogen-bond acceptors (Lipinski definition) is 3. The van der Waals surface area contributed by atoms with Crippen LogP contribution in [-0.4, -0.2) is 11.9 Å². The van der Waals surface area contributed by atoms with Crippen molar-refractivity contribution >= 4 is 17.1 Å². The number of rotatable bonds is 2. The lowest BCUT2D eigenvalue weighted by Crippen LogP contribution is -2.16. The third-order valence-corrected chi connectivity index (χ3v) is 2.36. The molecule has 0 unspecified atom stereocenters. The van der Waals surface area contributed by atoms with E-state index in [0.29, 0.717) is 6.61 Å². The lowest BCUT2D eigenvalue weighted by atomic mass is 9.99. The molecular weight excluding hydrogens is 208 g/mol. The first-order chi connectivity index (χ1) is 6.97. The summed E-state index contributed by atoms with van der Waals surface area (Å²) in [6.45, 7) is 6.56. The van der Waals surface area contributed by atoms with Crippen LogP contribution >= 0.6 is 11.8 Å². The molecule has 0 bridgehead atoms. The largest absolute Gasteiger partial charge is 0.457 e. The summed E-state index contributed by atoms with van der Waals surface area (Å²) in [5.41, 5.74) is 0.0207. The molecule has 0 aliphatic rings. The fourth-order valence-electron chi connectivity index (χ4n) is 0.890. The van der Waals surface area contributed by atoms with E-state index in [-0.39, 0.29) is 10.7 Å². The normalized spacial score (nSPS) is 11.1. The molecule has 0 atom stereocenters. The monoisotopic (exact) mass is 224 g/mol. The Morgan fingerprint density at radius 2 is 1.87 bits per heavy atom. The SMILES string of the molecule is CC(C)(C)COC(=O)Sc1ccccc1. The van der Waals surface area contributed by atoms with E-state index in [2.05, 4.69) is 0 Å².